The van der Waals surface area contributed by atoms with E-state index in [2.05, 4.69) is 0 Å². The van der Waals surface area contributed by atoms with E-state index in [0.717, 1.165) is 11.1 Å². The standard InChI is InChI=1S/C16H16O4/c1-11-5-3-7-13-15(11)19-9-18-14-8-4-6-12(2)16(14)20-10-17-13/h3-8H,9-10H2,1-2H3. The molecule has 104 valence electrons. The maximum absolute atomic E-state index is 5.69. The second kappa shape index (κ2) is 5.33. The Morgan fingerprint density at radius 1 is 0.650 bits per heavy atom. The van der Waals surface area contributed by atoms with Crippen LogP contribution in [-0.4, -0.2) is 13.6 Å². The number of para-hydroxylation sites is 2. The topological polar surface area (TPSA) is 36.9 Å². The molecule has 1 aliphatic rings. The van der Waals surface area contributed by atoms with Crippen LogP contribution in [0.3, 0.4) is 0 Å². The van der Waals surface area contributed by atoms with Crippen LogP contribution in [0.1, 0.15) is 11.1 Å². The molecule has 0 amide bonds. The first-order valence-corrected chi connectivity index (χ1v) is 6.46. The molecule has 4 nitrogen and oxygen atoms in total. The van der Waals surface area contributed by atoms with Crippen molar-refractivity contribution in [1.29, 1.82) is 0 Å². The number of benzene rings is 2. The Morgan fingerprint density at radius 2 is 1.10 bits per heavy atom. The Bertz CT molecular complexity index is 566. The SMILES string of the molecule is Cc1cccc2c1OCOc1cccc(C)c1OCO2. The van der Waals surface area contributed by atoms with E-state index in [0.29, 0.717) is 23.0 Å². The molecule has 0 spiro atoms. The van der Waals surface area contributed by atoms with Crippen LogP contribution >= 0.6 is 0 Å². The van der Waals surface area contributed by atoms with E-state index in [-0.39, 0.29) is 13.6 Å². The van der Waals surface area contributed by atoms with Gasteiger partial charge in [0.1, 0.15) is 0 Å². The monoisotopic (exact) mass is 272 g/mol. The van der Waals surface area contributed by atoms with Gasteiger partial charge in [0.05, 0.1) is 0 Å². The molecule has 0 saturated heterocycles. The fraction of sp³-hybridized carbons (Fsp3) is 0.250. The predicted molar refractivity (Wildman–Crippen MR) is 74.6 cm³/mol. The highest BCUT2D eigenvalue weighted by Crippen LogP contribution is 2.35. The number of rotatable bonds is 0. The summed E-state index contributed by atoms with van der Waals surface area (Å²) in [7, 11) is 0. The lowest BCUT2D eigenvalue weighted by molar-refractivity contribution is 0.0713. The zero-order chi connectivity index (χ0) is 13.9. The van der Waals surface area contributed by atoms with E-state index in [1.807, 2.05) is 50.2 Å². The van der Waals surface area contributed by atoms with Crippen molar-refractivity contribution in [3.63, 3.8) is 0 Å². The summed E-state index contributed by atoms with van der Waals surface area (Å²) in [5.74, 6) is 2.69. The number of aryl methyl sites for hydroxylation is 2. The first kappa shape index (κ1) is 12.7. The summed E-state index contributed by atoms with van der Waals surface area (Å²) >= 11 is 0. The number of fused-ring (bicyclic) bond motifs is 2. The van der Waals surface area contributed by atoms with Crippen LogP contribution in [0.15, 0.2) is 36.4 Å². The predicted octanol–water partition coefficient (Wildman–Crippen LogP) is 3.45. The number of hydrogen-bond acceptors (Lipinski definition) is 4. The third-order valence-corrected chi connectivity index (χ3v) is 3.19. The van der Waals surface area contributed by atoms with E-state index in [1.165, 1.54) is 0 Å². The number of ether oxygens (including phenoxy) is 4. The van der Waals surface area contributed by atoms with E-state index in [1.54, 1.807) is 0 Å². The lowest BCUT2D eigenvalue weighted by Gasteiger charge is -2.20. The van der Waals surface area contributed by atoms with Crippen LogP contribution in [0.5, 0.6) is 23.0 Å². The van der Waals surface area contributed by atoms with Gasteiger partial charge in [0.2, 0.25) is 13.6 Å². The van der Waals surface area contributed by atoms with E-state index < -0.39 is 0 Å². The van der Waals surface area contributed by atoms with Gasteiger partial charge in [-0.2, -0.15) is 0 Å². The Labute approximate surface area is 117 Å². The van der Waals surface area contributed by atoms with Crippen molar-refractivity contribution in [2.75, 3.05) is 13.6 Å². The lowest BCUT2D eigenvalue weighted by Crippen LogP contribution is -2.14. The zero-order valence-electron chi connectivity index (χ0n) is 11.5. The van der Waals surface area contributed by atoms with Crippen LogP contribution in [0.25, 0.3) is 0 Å². The Kier molecular flexibility index (Phi) is 3.37. The lowest BCUT2D eigenvalue weighted by atomic mass is 10.2. The second-order valence-corrected chi connectivity index (χ2v) is 4.62. The summed E-state index contributed by atoms with van der Waals surface area (Å²) < 4.78 is 22.7. The van der Waals surface area contributed by atoms with Gasteiger partial charge >= 0.3 is 0 Å². The van der Waals surface area contributed by atoms with Gasteiger partial charge in [-0.05, 0) is 37.1 Å². The van der Waals surface area contributed by atoms with Gasteiger partial charge in [-0.15, -0.1) is 0 Å². The molecule has 0 saturated carbocycles. The first-order valence-electron chi connectivity index (χ1n) is 6.46. The van der Waals surface area contributed by atoms with Gasteiger partial charge in [0.25, 0.3) is 0 Å². The summed E-state index contributed by atoms with van der Waals surface area (Å²) in [4.78, 5) is 0. The summed E-state index contributed by atoms with van der Waals surface area (Å²) in [6.07, 6.45) is 0. The zero-order valence-corrected chi connectivity index (χ0v) is 11.5. The highest BCUT2D eigenvalue weighted by Gasteiger charge is 2.14. The average molecular weight is 272 g/mol. The molecule has 0 aliphatic carbocycles. The molecule has 0 unspecified atom stereocenters. The molecule has 0 atom stereocenters. The molecule has 0 N–H and O–H groups in total. The van der Waals surface area contributed by atoms with Crippen LogP contribution in [-0.2, 0) is 0 Å². The van der Waals surface area contributed by atoms with Crippen LogP contribution < -0.4 is 18.9 Å². The quantitative estimate of drug-likeness (QED) is 0.736. The van der Waals surface area contributed by atoms with Crippen LogP contribution in [0.2, 0.25) is 0 Å². The molecule has 20 heavy (non-hydrogen) atoms. The number of hydrogen-bond donors (Lipinski definition) is 0. The highest BCUT2D eigenvalue weighted by atomic mass is 16.7. The smallest absolute Gasteiger partial charge is 0.231 e. The van der Waals surface area contributed by atoms with Crippen LogP contribution in [0.4, 0.5) is 0 Å². The van der Waals surface area contributed by atoms with Crippen molar-refractivity contribution in [3.05, 3.63) is 47.5 Å². The molecule has 2 aromatic rings. The third-order valence-electron chi connectivity index (χ3n) is 3.19. The third kappa shape index (κ3) is 2.37. The molecular formula is C16H16O4. The Hall–Kier alpha value is -2.36. The van der Waals surface area contributed by atoms with Crippen molar-refractivity contribution in [2.45, 2.75) is 13.8 Å². The minimum atomic E-state index is 0.112. The summed E-state index contributed by atoms with van der Waals surface area (Å²) in [6, 6.07) is 11.5. The maximum atomic E-state index is 5.69. The fourth-order valence-corrected chi connectivity index (χ4v) is 2.15. The largest absolute Gasteiger partial charge is 0.454 e. The molecule has 4 heteroatoms. The van der Waals surface area contributed by atoms with Gasteiger partial charge in [-0.3, -0.25) is 0 Å². The van der Waals surface area contributed by atoms with Gasteiger partial charge in [0, 0.05) is 0 Å². The van der Waals surface area contributed by atoms with Crippen molar-refractivity contribution in [3.8, 4) is 23.0 Å². The average Bonchev–Trinajstić information content (AvgIpc) is 2.44. The van der Waals surface area contributed by atoms with Crippen molar-refractivity contribution < 1.29 is 18.9 Å². The molecule has 0 fully saturated rings. The maximum Gasteiger partial charge on any atom is 0.231 e. The van der Waals surface area contributed by atoms with Crippen LogP contribution in [0, 0.1) is 13.8 Å². The summed E-state index contributed by atoms with van der Waals surface area (Å²) in [5.41, 5.74) is 1.99. The minimum Gasteiger partial charge on any atom is -0.454 e. The van der Waals surface area contributed by atoms with Crippen molar-refractivity contribution in [1.82, 2.24) is 0 Å². The molecule has 3 rings (SSSR count). The molecule has 0 radical (unpaired) electrons. The molecule has 1 aliphatic heterocycles. The first-order chi connectivity index (χ1) is 9.75. The Balaban J connectivity index is 1.91. The minimum absolute atomic E-state index is 0.112. The molecule has 1 heterocycles. The van der Waals surface area contributed by atoms with Gasteiger partial charge in [-0.1, -0.05) is 24.3 Å². The fourth-order valence-electron chi connectivity index (χ4n) is 2.15. The van der Waals surface area contributed by atoms with Crippen molar-refractivity contribution in [2.24, 2.45) is 0 Å². The molecular weight excluding hydrogens is 256 g/mol. The van der Waals surface area contributed by atoms with E-state index >= 15 is 0 Å². The molecule has 0 bridgehead atoms. The van der Waals surface area contributed by atoms with E-state index in [4.69, 9.17) is 18.9 Å². The normalized spacial score (nSPS) is 13.7. The van der Waals surface area contributed by atoms with E-state index in [9.17, 15) is 0 Å². The molecule has 2 aromatic carbocycles. The van der Waals surface area contributed by atoms with Gasteiger partial charge < -0.3 is 18.9 Å². The molecule has 0 aromatic heterocycles. The van der Waals surface area contributed by atoms with Gasteiger partial charge in [0.15, 0.2) is 23.0 Å². The van der Waals surface area contributed by atoms with Gasteiger partial charge in [-0.25, -0.2) is 0 Å². The second-order valence-electron chi connectivity index (χ2n) is 4.62. The highest BCUT2D eigenvalue weighted by molar-refractivity contribution is 5.47. The van der Waals surface area contributed by atoms with Crippen molar-refractivity contribution >= 4 is 0 Å². The summed E-state index contributed by atoms with van der Waals surface area (Å²) in [5, 5.41) is 0. The summed E-state index contributed by atoms with van der Waals surface area (Å²) in [6.45, 7) is 4.15. The Morgan fingerprint density at radius 3 is 1.55 bits per heavy atom.